The van der Waals surface area contributed by atoms with Crippen LogP contribution in [-0.4, -0.2) is 38.2 Å². The zero-order valence-corrected chi connectivity index (χ0v) is 11.8. The first-order valence-corrected chi connectivity index (χ1v) is 7.52. The predicted octanol–water partition coefficient (Wildman–Crippen LogP) is -0.420. The standard InChI is InChI=1S/C10H14FN2O7P/c1-5-3-13(10(15)12-9(5)14)8-2-6(11)7(20-8)4-19-21(16,17)18/h3,6-8H,2,4H2,1H3,(H,12,14,15)(H2,16,17,18)/t6-,7+,8+/m0/s1. The molecule has 21 heavy (non-hydrogen) atoms. The highest BCUT2D eigenvalue weighted by atomic mass is 31.2. The predicted molar refractivity (Wildman–Crippen MR) is 67.5 cm³/mol. The smallest absolute Gasteiger partial charge is 0.349 e. The van der Waals surface area contributed by atoms with E-state index in [2.05, 4.69) is 9.51 Å². The number of H-pyrrole nitrogens is 1. The Morgan fingerprint density at radius 1 is 1.57 bits per heavy atom. The van der Waals surface area contributed by atoms with Gasteiger partial charge in [0.25, 0.3) is 5.56 Å². The fourth-order valence-corrected chi connectivity index (χ4v) is 2.32. The molecule has 1 saturated heterocycles. The number of hydrogen-bond donors (Lipinski definition) is 3. The first kappa shape index (κ1) is 16.1. The summed E-state index contributed by atoms with van der Waals surface area (Å²) < 4.78 is 34.8. The van der Waals surface area contributed by atoms with E-state index in [1.54, 1.807) is 0 Å². The number of nitrogens with one attached hydrogen (secondary N) is 1. The van der Waals surface area contributed by atoms with Crippen LogP contribution in [0.3, 0.4) is 0 Å². The molecule has 1 aliphatic heterocycles. The van der Waals surface area contributed by atoms with E-state index >= 15 is 0 Å². The molecule has 0 spiro atoms. The molecular formula is C10H14FN2O7P. The number of aromatic nitrogens is 2. The van der Waals surface area contributed by atoms with Crippen LogP contribution in [0.25, 0.3) is 0 Å². The molecule has 1 fully saturated rings. The highest BCUT2D eigenvalue weighted by molar-refractivity contribution is 7.46. The van der Waals surface area contributed by atoms with Gasteiger partial charge in [-0.1, -0.05) is 0 Å². The minimum absolute atomic E-state index is 0.194. The Bertz CT molecular complexity index is 681. The van der Waals surface area contributed by atoms with E-state index in [4.69, 9.17) is 14.5 Å². The third-order valence-electron chi connectivity index (χ3n) is 3.03. The normalized spacial score (nSPS) is 26.2. The summed E-state index contributed by atoms with van der Waals surface area (Å²) in [5.74, 6) is 0. The lowest BCUT2D eigenvalue weighted by Gasteiger charge is -2.16. The van der Waals surface area contributed by atoms with Crippen molar-refractivity contribution in [1.29, 1.82) is 0 Å². The Morgan fingerprint density at radius 3 is 2.86 bits per heavy atom. The lowest BCUT2D eigenvalue weighted by atomic mass is 10.2. The van der Waals surface area contributed by atoms with Crippen molar-refractivity contribution in [1.82, 2.24) is 9.55 Å². The summed E-state index contributed by atoms with van der Waals surface area (Å²) in [7, 11) is -4.72. The van der Waals surface area contributed by atoms with Gasteiger partial charge in [-0.25, -0.2) is 13.8 Å². The lowest BCUT2D eigenvalue weighted by molar-refractivity contribution is -0.0351. The van der Waals surface area contributed by atoms with Crippen molar-refractivity contribution in [3.05, 3.63) is 32.6 Å². The summed E-state index contributed by atoms with van der Waals surface area (Å²) in [4.78, 5) is 42.1. The highest BCUT2D eigenvalue weighted by Crippen LogP contribution is 2.38. The van der Waals surface area contributed by atoms with Crippen LogP contribution in [-0.2, 0) is 13.8 Å². The zero-order chi connectivity index (χ0) is 15.8. The molecule has 0 amide bonds. The van der Waals surface area contributed by atoms with Crippen LogP contribution in [0, 0.1) is 6.92 Å². The maximum atomic E-state index is 13.8. The summed E-state index contributed by atoms with van der Waals surface area (Å²) in [6.45, 7) is 0.837. The molecule has 2 rings (SSSR count). The van der Waals surface area contributed by atoms with Gasteiger partial charge in [-0.05, 0) is 6.92 Å². The van der Waals surface area contributed by atoms with E-state index in [-0.39, 0.29) is 12.0 Å². The number of alkyl halides is 1. The average molecular weight is 324 g/mol. The van der Waals surface area contributed by atoms with Gasteiger partial charge < -0.3 is 14.5 Å². The van der Waals surface area contributed by atoms with E-state index < -0.39 is 44.2 Å². The largest absolute Gasteiger partial charge is 0.469 e. The lowest BCUT2D eigenvalue weighted by Crippen LogP contribution is -2.33. The number of phosphoric ester groups is 1. The molecular weight excluding hydrogens is 310 g/mol. The zero-order valence-electron chi connectivity index (χ0n) is 10.9. The van der Waals surface area contributed by atoms with Gasteiger partial charge in [-0.3, -0.25) is 18.9 Å². The fraction of sp³-hybridized carbons (Fsp3) is 0.600. The number of nitrogens with zero attached hydrogens (tertiary/aromatic N) is 1. The summed E-state index contributed by atoms with van der Waals surface area (Å²) in [5, 5.41) is 0. The van der Waals surface area contributed by atoms with Crippen LogP contribution < -0.4 is 11.2 Å². The van der Waals surface area contributed by atoms with Crippen molar-refractivity contribution in [3.63, 3.8) is 0 Å². The Hall–Kier alpha value is -1.32. The second-order valence-electron chi connectivity index (χ2n) is 4.65. The van der Waals surface area contributed by atoms with Gasteiger partial charge in [0.2, 0.25) is 0 Å². The third kappa shape index (κ3) is 3.86. The fourth-order valence-electron chi connectivity index (χ4n) is 1.98. The van der Waals surface area contributed by atoms with Crippen molar-refractivity contribution < 1.29 is 28.0 Å². The maximum Gasteiger partial charge on any atom is 0.469 e. The Balaban J connectivity index is 2.14. The first-order valence-electron chi connectivity index (χ1n) is 5.99. The molecule has 1 aromatic heterocycles. The number of rotatable bonds is 4. The Morgan fingerprint density at radius 2 is 2.24 bits per heavy atom. The van der Waals surface area contributed by atoms with Gasteiger partial charge >= 0.3 is 13.5 Å². The van der Waals surface area contributed by atoms with E-state index in [1.807, 2.05) is 0 Å². The minimum atomic E-state index is -4.72. The van der Waals surface area contributed by atoms with Crippen LogP contribution >= 0.6 is 7.82 Å². The Labute approximate surface area is 117 Å². The van der Waals surface area contributed by atoms with E-state index in [1.165, 1.54) is 13.1 Å². The number of ether oxygens (including phenoxy) is 1. The van der Waals surface area contributed by atoms with Crippen LogP contribution in [0.1, 0.15) is 18.2 Å². The number of hydrogen-bond acceptors (Lipinski definition) is 5. The minimum Gasteiger partial charge on any atom is -0.349 e. The monoisotopic (exact) mass is 324 g/mol. The van der Waals surface area contributed by atoms with Gasteiger partial charge in [0.1, 0.15) is 18.5 Å². The Kier molecular flexibility index (Phi) is 4.45. The van der Waals surface area contributed by atoms with Crippen molar-refractivity contribution in [2.45, 2.75) is 31.8 Å². The maximum absolute atomic E-state index is 13.8. The molecule has 9 nitrogen and oxygen atoms in total. The van der Waals surface area contributed by atoms with Gasteiger partial charge in [0, 0.05) is 18.2 Å². The number of aromatic amines is 1. The van der Waals surface area contributed by atoms with Gasteiger partial charge in [-0.2, -0.15) is 0 Å². The molecule has 0 unspecified atom stereocenters. The molecule has 0 aromatic carbocycles. The molecule has 118 valence electrons. The van der Waals surface area contributed by atoms with Crippen LogP contribution in [0.4, 0.5) is 4.39 Å². The summed E-state index contributed by atoms with van der Waals surface area (Å²) in [5.41, 5.74) is -1.05. The van der Waals surface area contributed by atoms with Crippen LogP contribution in [0.15, 0.2) is 15.8 Å². The van der Waals surface area contributed by atoms with Gasteiger partial charge in [0.05, 0.1) is 6.61 Å². The number of halogens is 1. The second-order valence-corrected chi connectivity index (χ2v) is 5.89. The number of aryl methyl sites for hydroxylation is 1. The SMILES string of the molecule is Cc1cn([C@H]2C[C@H](F)[C@@H](COP(=O)(O)O)O2)c(=O)[nH]c1=O. The summed E-state index contributed by atoms with van der Waals surface area (Å²) in [6.07, 6.45) is -2.69. The summed E-state index contributed by atoms with van der Waals surface area (Å²) in [6, 6.07) is 0. The number of phosphoric acid groups is 1. The molecule has 0 radical (unpaired) electrons. The molecule has 1 aromatic rings. The van der Waals surface area contributed by atoms with E-state index in [0.29, 0.717) is 0 Å². The molecule has 3 atom stereocenters. The van der Waals surface area contributed by atoms with Crippen molar-refractivity contribution in [2.75, 3.05) is 6.61 Å². The van der Waals surface area contributed by atoms with Crippen LogP contribution in [0.5, 0.6) is 0 Å². The van der Waals surface area contributed by atoms with Gasteiger partial charge in [-0.15, -0.1) is 0 Å². The topological polar surface area (TPSA) is 131 Å². The quantitative estimate of drug-likeness (QED) is 0.641. The molecule has 0 bridgehead atoms. The molecule has 2 heterocycles. The highest BCUT2D eigenvalue weighted by Gasteiger charge is 2.38. The molecule has 11 heteroatoms. The first-order chi connectivity index (χ1) is 9.67. The summed E-state index contributed by atoms with van der Waals surface area (Å²) >= 11 is 0. The van der Waals surface area contributed by atoms with Crippen molar-refractivity contribution in [2.24, 2.45) is 0 Å². The van der Waals surface area contributed by atoms with Gasteiger partial charge in [0.15, 0.2) is 0 Å². The molecule has 0 aliphatic carbocycles. The molecule has 3 N–H and O–H groups in total. The molecule has 1 aliphatic rings. The van der Waals surface area contributed by atoms with Crippen molar-refractivity contribution >= 4 is 7.82 Å². The van der Waals surface area contributed by atoms with Crippen LogP contribution in [0.2, 0.25) is 0 Å². The third-order valence-corrected chi connectivity index (χ3v) is 3.51. The average Bonchev–Trinajstić information content (AvgIpc) is 2.72. The van der Waals surface area contributed by atoms with Crippen molar-refractivity contribution in [3.8, 4) is 0 Å². The van der Waals surface area contributed by atoms with E-state index in [9.17, 15) is 18.5 Å². The van der Waals surface area contributed by atoms with E-state index in [0.717, 1.165) is 4.57 Å². The second kappa shape index (κ2) is 5.82. The molecule has 0 saturated carbocycles.